The Morgan fingerprint density at radius 3 is 2.68 bits per heavy atom. The molecule has 1 aliphatic rings. The second-order valence-corrected chi connectivity index (χ2v) is 6.01. The Hall–Kier alpha value is -0.940. The predicted molar refractivity (Wildman–Crippen MR) is 79.1 cm³/mol. The average Bonchev–Trinajstić information content (AvgIpc) is 2.41. The van der Waals surface area contributed by atoms with Crippen molar-refractivity contribution in [2.24, 2.45) is 0 Å². The Labute approximate surface area is 122 Å². The lowest BCUT2D eigenvalue weighted by atomic mass is 9.94. The fourth-order valence-electron chi connectivity index (χ4n) is 2.75. The Morgan fingerprint density at radius 1 is 1.37 bits per heavy atom. The summed E-state index contributed by atoms with van der Waals surface area (Å²) in [5, 5.41) is 10.9. The third-order valence-electron chi connectivity index (χ3n) is 3.87. The zero-order chi connectivity index (χ0) is 13.8. The van der Waals surface area contributed by atoms with Gasteiger partial charge in [-0.2, -0.15) is 0 Å². The summed E-state index contributed by atoms with van der Waals surface area (Å²) in [7, 11) is 2.11. The summed E-state index contributed by atoms with van der Waals surface area (Å²) in [4.78, 5) is 12.9. The van der Waals surface area contributed by atoms with E-state index >= 15 is 0 Å². The topological polar surface area (TPSA) is 46.4 Å². The Bertz CT molecular complexity index is 459. The molecule has 1 aliphatic carbocycles. The molecular formula is C14H19BrN2O2. The molecule has 0 atom stereocenters. The van der Waals surface area contributed by atoms with E-state index in [0.717, 1.165) is 12.1 Å². The van der Waals surface area contributed by atoms with Crippen molar-refractivity contribution in [2.45, 2.75) is 44.7 Å². The van der Waals surface area contributed by atoms with Crippen molar-refractivity contribution in [2.75, 3.05) is 7.05 Å². The first-order valence-corrected chi connectivity index (χ1v) is 7.51. The lowest BCUT2D eigenvalue weighted by Crippen LogP contribution is -2.32. The SMILES string of the molecule is CN(Cc1cccc([N+](=O)[O-])c1Br)C1CCCCC1. The smallest absolute Gasteiger partial charge is 0.283 e. The van der Waals surface area contributed by atoms with E-state index in [0.29, 0.717) is 10.5 Å². The number of benzene rings is 1. The first-order valence-electron chi connectivity index (χ1n) is 6.71. The van der Waals surface area contributed by atoms with E-state index in [1.54, 1.807) is 6.07 Å². The van der Waals surface area contributed by atoms with Crippen molar-refractivity contribution in [3.8, 4) is 0 Å². The molecule has 104 valence electrons. The minimum Gasteiger partial charge on any atom is -0.299 e. The summed E-state index contributed by atoms with van der Waals surface area (Å²) in [6.45, 7) is 0.757. The summed E-state index contributed by atoms with van der Waals surface area (Å²) in [6.07, 6.45) is 6.41. The molecule has 1 aromatic carbocycles. The van der Waals surface area contributed by atoms with Crippen molar-refractivity contribution in [3.05, 3.63) is 38.3 Å². The lowest BCUT2D eigenvalue weighted by molar-refractivity contribution is -0.385. The third-order valence-corrected chi connectivity index (χ3v) is 4.79. The molecule has 0 heterocycles. The van der Waals surface area contributed by atoms with Crippen LogP contribution in [0.15, 0.2) is 22.7 Å². The van der Waals surface area contributed by atoms with Crippen molar-refractivity contribution in [1.82, 2.24) is 4.90 Å². The van der Waals surface area contributed by atoms with Crippen molar-refractivity contribution in [3.63, 3.8) is 0 Å². The molecule has 1 aromatic rings. The summed E-state index contributed by atoms with van der Waals surface area (Å²) >= 11 is 3.37. The summed E-state index contributed by atoms with van der Waals surface area (Å²) in [5.41, 5.74) is 1.14. The van der Waals surface area contributed by atoms with Crippen LogP contribution >= 0.6 is 15.9 Å². The van der Waals surface area contributed by atoms with Gasteiger partial charge in [0, 0.05) is 18.7 Å². The van der Waals surface area contributed by atoms with E-state index in [2.05, 4.69) is 27.9 Å². The maximum atomic E-state index is 10.9. The maximum Gasteiger partial charge on any atom is 0.283 e. The van der Waals surface area contributed by atoms with Crippen LogP contribution in [0.25, 0.3) is 0 Å². The quantitative estimate of drug-likeness (QED) is 0.617. The van der Waals surface area contributed by atoms with Crippen molar-refractivity contribution in [1.29, 1.82) is 0 Å². The Kier molecular flexibility index (Phi) is 4.93. The minimum absolute atomic E-state index is 0.148. The number of hydrogen-bond donors (Lipinski definition) is 0. The number of halogens is 1. The second kappa shape index (κ2) is 6.48. The first-order chi connectivity index (χ1) is 9.09. The minimum atomic E-state index is -0.339. The third kappa shape index (κ3) is 3.54. The van der Waals surface area contributed by atoms with Gasteiger partial charge in [0.25, 0.3) is 5.69 Å². The monoisotopic (exact) mass is 326 g/mol. The van der Waals surface area contributed by atoms with Crippen LogP contribution in [0.4, 0.5) is 5.69 Å². The fourth-order valence-corrected chi connectivity index (χ4v) is 3.28. The number of nitro groups is 1. The van der Waals surface area contributed by atoms with Crippen LogP contribution in [-0.2, 0) is 6.54 Å². The number of rotatable bonds is 4. The van der Waals surface area contributed by atoms with Gasteiger partial charge in [-0.15, -0.1) is 0 Å². The van der Waals surface area contributed by atoms with E-state index < -0.39 is 0 Å². The molecule has 0 bridgehead atoms. The van der Waals surface area contributed by atoms with Gasteiger partial charge < -0.3 is 0 Å². The summed E-state index contributed by atoms with van der Waals surface area (Å²) in [5.74, 6) is 0. The van der Waals surface area contributed by atoms with Crippen LogP contribution in [0.2, 0.25) is 0 Å². The summed E-state index contributed by atoms with van der Waals surface area (Å²) in [6, 6.07) is 5.86. The molecule has 0 saturated heterocycles. The molecule has 0 aliphatic heterocycles. The summed E-state index contributed by atoms with van der Waals surface area (Å²) < 4.78 is 0.614. The molecule has 5 heteroatoms. The first kappa shape index (κ1) is 14.5. The molecule has 2 rings (SSSR count). The lowest BCUT2D eigenvalue weighted by Gasteiger charge is -2.31. The standard InChI is InChI=1S/C14H19BrN2O2/c1-16(12-7-3-2-4-8-12)10-11-6-5-9-13(14(11)15)17(18)19/h5-6,9,12H,2-4,7-8,10H2,1H3. The largest absolute Gasteiger partial charge is 0.299 e. The van der Waals surface area contributed by atoms with Crippen LogP contribution in [-0.4, -0.2) is 22.9 Å². The van der Waals surface area contributed by atoms with Gasteiger partial charge in [-0.25, -0.2) is 0 Å². The molecule has 0 amide bonds. The van der Waals surface area contributed by atoms with Crippen molar-refractivity contribution >= 4 is 21.6 Å². The highest BCUT2D eigenvalue weighted by molar-refractivity contribution is 9.10. The van der Waals surface area contributed by atoms with Crippen LogP contribution in [0.5, 0.6) is 0 Å². The van der Waals surface area contributed by atoms with E-state index in [1.165, 1.54) is 38.2 Å². The number of nitrogens with zero attached hydrogens (tertiary/aromatic N) is 2. The van der Waals surface area contributed by atoms with Crippen molar-refractivity contribution < 1.29 is 4.92 Å². The zero-order valence-corrected chi connectivity index (χ0v) is 12.7. The van der Waals surface area contributed by atoms with Crippen LogP contribution in [0.1, 0.15) is 37.7 Å². The molecule has 1 saturated carbocycles. The van der Waals surface area contributed by atoms with Gasteiger partial charge in [0.2, 0.25) is 0 Å². The van der Waals surface area contributed by atoms with Gasteiger partial charge in [-0.3, -0.25) is 15.0 Å². The molecule has 0 radical (unpaired) electrons. The second-order valence-electron chi connectivity index (χ2n) is 5.21. The highest BCUT2D eigenvalue weighted by Crippen LogP contribution is 2.30. The van der Waals surface area contributed by atoms with E-state index in [-0.39, 0.29) is 10.6 Å². The number of hydrogen-bond acceptors (Lipinski definition) is 3. The zero-order valence-electron chi connectivity index (χ0n) is 11.1. The van der Waals surface area contributed by atoms with Gasteiger partial charge in [0.1, 0.15) is 0 Å². The molecule has 0 aromatic heterocycles. The molecule has 0 N–H and O–H groups in total. The van der Waals surface area contributed by atoms with Gasteiger partial charge >= 0.3 is 0 Å². The van der Waals surface area contributed by atoms with E-state index in [4.69, 9.17) is 0 Å². The molecule has 0 unspecified atom stereocenters. The molecule has 1 fully saturated rings. The van der Waals surface area contributed by atoms with E-state index in [9.17, 15) is 10.1 Å². The average molecular weight is 327 g/mol. The highest BCUT2D eigenvalue weighted by Gasteiger charge is 2.21. The highest BCUT2D eigenvalue weighted by atomic mass is 79.9. The maximum absolute atomic E-state index is 10.9. The van der Waals surface area contributed by atoms with Gasteiger partial charge in [0.15, 0.2) is 0 Å². The Morgan fingerprint density at radius 2 is 2.05 bits per heavy atom. The van der Waals surface area contributed by atoms with Gasteiger partial charge in [-0.1, -0.05) is 31.4 Å². The number of nitro benzene ring substituents is 1. The van der Waals surface area contributed by atoms with Gasteiger partial charge in [0.05, 0.1) is 9.40 Å². The fraction of sp³-hybridized carbons (Fsp3) is 0.571. The molecule has 19 heavy (non-hydrogen) atoms. The van der Waals surface area contributed by atoms with Crippen LogP contribution < -0.4 is 0 Å². The molecule has 4 nitrogen and oxygen atoms in total. The Balaban J connectivity index is 2.10. The van der Waals surface area contributed by atoms with Crippen LogP contribution in [0, 0.1) is 10.1 Å². The van der Waals surface area contributed by atoms with E-state index in [1.807, 2.05) is 6.07 Å². The molecular weight excluding hydrogens is 308 g/mol. The predicted octanol–water partition coefficient (Wildman–Crippen LogP) is 4.12. The van der Waals surface area contributed by atoms with Gasteiger partial charge in [-0.05, 0) is 41.4 Å². The molecule has 0 spiro atoms. The van der Waals surface area contributed by atoms with Crippen LogP contribution in [0.3, 0.4) is 0 Å². The normalized spacial score (nSPS) is 16.8.